The van der Waals surface area contributed by atoms with Gasteiger partial charge in [-0.2, -0.15) is 11.3 Å². The van der Waals surface area contributed by atoms with Crippen LogP contribution in [0.2, 0.25) is 0 Å². The van der Waals surface area contributed by atoms with Crippen LogP contribution in [0.1, 0.15) is 36.9 Å². The second-order valence-electron chi connectivity index (χ2n) is 5.77. The molecule has 0 radical (unpaired) electrons. The summed E-state index contributed by atoms with van der Waals surface area (Å²) in [5.41, 5.74) is 2.88. The first-order valence-corrected chi connectivity index (χ1v) is 8.85. The maximum atomic E-state index is 3.55. The Hall–Kier alpha value is -1.16. The SMILES string of the molecule is CCNCC(c1ccccc1)N(Cc1ccsc1)C1CC1. The van der Waals surface area contributed by atoms with E-state index in [2.05, 4.69) is 64.3 Å². The Balaban J connectivity index is 1.81. The Morgan fingerprint density at radius 2 is 2.05 bits per heavy atom. The van der Waals surface area contributed by atoms with E-state index >= 15 is 0 Å². The van der Waals surface area contributed by atoms with Crippen LogP contribution < -0.4 is 5.32 Å². The standard InChI is InChI=1S/C18H24N2S/c1-2-19-12-18(16-6-4-3-5-7-16)20(17-8-9-17)13-15-10-11-21-14-15/h3-7,10-11,14,17-19H,2,8-9,12-13H2,1H3. The number of nitrogens with zero attached hydrogens (tertiary/aromatic N) is 1. The number of hydrogen-bond donors (Lipinski definition) is 1. The zero-order valence-corrected chi connectivity index (χ0v) is 13.5. The first-order valence-electron chi connectivity index (χ1n) is 7.91. The van der Waals surface area contributed by atoms with Gasteiger partial charge < -0.3 is 5.32 Å². The zero-order valence-electron chi connectivity index (χ0n) is 12.7. The number of rotatable bonds is 8. The van der Waals surface area contributed by atoms with Crippen molar-refractivity contribution in [3.05, 3.63) is 58.3 Å². The fourth-order valence-electron chi connectivity index (χ4n) is 2.88. The van der Waals surface area contributed by atoms with E-state index in [9.17, 15) is 0 Å². The van der Waals surface area contributed by atoms with Crippen LogP contribution >= 0.6 is 11.3 Å². The lowest BCUT2D eigenvalue weighted by Gasteiger charge is -2.32. The second-order valence-corrected chi connectivity index (χ2v) is 6.55. The molecule has 1 unspecified atom stereocenters. The minimum Gasteiger partial charge on any atom is -0.315 e. The highest BCUT2D eigenvalue weighted by Crippen LogP contribution is 2.35. The normalized spacial score (nSPS) is 16.3. The summed E-state index contributed by atoms with van der Waals surface area (Å²) in [6.07, 6.45) is 2.69. The third kappa shape index (κ3) is 3.94. The second kappa shape index (κ2) is 7.21. The van der Waals surface area contributed by atoms with Crippen LogP contribution in [0.4, 0.5) is 0 Å². The molecule has 2 aromatic rings. The largest absolute Gasteiger partial charge is 0.315 e. The van der Waals surface area contributed by atoms with Crippen molar-refractivity contribution in [3.63, 3.8) is 0 Å². The zero-order chi connectivity index (χ0) is 14.5. The minimum absolute atomic E-state index is 0.471. The van der Waals surface area contributed by atoms with E-state index in [1.165, 1.54) is 24.0 Å². The Morgan fingerprint density at radius 3 is 2.67 bits per heavy atom. The van der Waals surface area contributed by atoms with Crippen LogP contribution in [0, 0.1) is 0 Å². The summed E-state index contributed by atoms with van der Waals surface area (Å²) in [5, 5.41) is 8.02. The van der Waals surface area contributed by atoms with Crippen LogP contribution in [0.3, 0.4) is 0 Å². The highest BCUT2D eigenvalue weighted by molar-refractivity contribution is 7.07. The summed E-state index contributed by atoms with van der Waals surface area (Å²) in [4.78, 5) is 2.69. The molecule has 1 saturated carbocycles. The average Bonchev–Trinajstić information content (AvgIpc) is 3.24. The summed E-state index contributed by atoms with van der Waals surface area (Å²) in [6, 6.07) is 14.4. The van der Waals surface area contributed by atoms with Crippen molar-refractivity contribution < 1.29 is 0 Å². The molecule has 1 fully saturated rings. The number of hydrogen-bond acceptors (Lipinski definition) is 3. The van der Waals surface area contributed by atoms with Gasteiger partial charge in [-0.05, 0) is 47.3 Å². The first-order chi connectivity index (χ1) is 10.4. The summed E-state index contributed by atoms with van der Waals surface area (Å²) < 4.78 is 0. The molecule has 1 atom stereocenters. The molecule has 0 amide bonds. The monoisotopic (exact) mass is 300 g/mol. The van der Waals surface area contributed by atoms with E-state index in [0.717, 1.165) is 25.7 Å². The van der Waals surface area contributed by atoms with E-state index < -0.39 is 0 Å². The highest BCUT2D eigenvalue weighted by Gasteiger charge is 2.34. The smallest absolute Gasteiger partial charge is 0.0479 e. The van der Waals surface area contributed by atoms with Gasteiger partial charge in [0.15, 0.2) is 0 Å². The molecule has 0 aliphatic heterocycles. The average molecular weight is 300 g/mol. The van der Waals surface area contributed by atoms with Gasteiger partial charge in [-0.15, -0.1) is 0 Å². The lowest BCUT2D eigenvalue weighted by atomic mass is 10.0. The number of thiophene rings is 1. The molecule has 21 heavy (non-hydrogen) atoms. The molecule has 2 nitrogen and oxygen atoms in total. The molecule has 1 aromatic heterocycles. The predicted molar refractivity (Wildman–Crippen MR) is 90.6 cm³/mol. The molecule has 1 aromatic carbocycles. The quantitative estimate of drug-likeness (QED) is 0.791. The molecule has 1 heterocycles. The van der Waals surface area contributed by atoms with E-state index in [1.54, 1.807) is 11.3 Å². The fourth-order valence-corrected chi connectivity index (χ4v) is 3.54. The van der Waals surface area contributed by atoms with Crippen LogP contribution in [0.25, 0.3) is 0 Å². The van der Waals surface area contributed by atoms with Gasteiger partial charge in [0.25, 0.3) is 0 Å². The van der Waals surface area contributed by atoms with Crippen LogP contribution in [-0.2, 0) is 6.54 Å². The minimum atomic E-state index is 0.471. The van der Waals surface area contributed by atoms with Crippen molar-refractivity contribution >= 4 is 11.3 Å². The Kier molecular flexibility index (Phi) is 5.07. The van der Waals surface area contributed by atoms with Crippen molar-refractivity contribution in [1.82, 2.24) is 10.2 Å². The van der Waals surface area contributed by atoms with Crippen molar-refractivity contribution in [2.45, 2.75) is 38.4 Å². The van der Waals surface area contributed by atoms with Gasteiger partial charge in [0.1, 0.15) is 0 Å². The van der Waals surface area contributed by atoms with Gasteiger partial charge in [-0.3, -0.25) is 4.90 Å². The topological polar surface area (TPSA) is 15.3 Å². The maximum absolute atomic E-state index is 3.55. The van der Waals surface area contributed by atoms with Crippen molar-refractivity contribution in [2.24, 2.45) is 0 Å². The van der Waals surface area contributed by atoms with Crippen LogP contribution in [-0.4, -0.2) is 24.0 Å². The maximum Gasteiger partial charge on any atom is 0.0479 e. The van der Waals surface area contributed by atoms with E-state index in [-0.39, 0.29) is 0 Å². The van der Waals surface area contributed by atoms with Crippen molar-refractivity contribution in [2.75, 3.05) is 13.1 Å². The van der Waals surface area contributed by atoms with Crippen LogP contribution in [0.5, 0.6) is 0 Å². The van der Waals surface area contributed by atoms with Crippen molar-refractivity contribution in [3.8, 4) is 0 Å². The molecular weight excluding hydrogens is 276 g/mol. The van der Waals surface area contributed by atoms with Crippen molar-refractivity contribution in [1.29, 1.82) is 0 Å². The third-order valence-electron chi connectivity index (χ3n) is 4.13. The van der Waals surface area contributed by atoms with E-state index in [0.29, 0.717) is 6.04 Å². The number of nitrogens with one attached hydrogen (secondary N) is 1. The molecule has 0 bridgehead atoms. The fraction of sp³-hybridized carbons (Fsp3) is 0.444. The summed E-state index contributed by atoms with van der Waals surface area (Å²) in [7, 11) is 0. The number of likely N-dealkylation sites (N-methyl/N-ethyl adjacent to an activating group) is 1. The molecular formula is C18H24N2S. The molecule has 3 heteroatoms. The van der Waals surface area contributed by atoms with Gasteiger partial charge in [-0.1, -0.05) is 37.3 Å². The van der Waals surface area contributed by atoms with Gasteiger partial charge in [0.05, 0.1) is 0 Å². The Labute approximate surface area is 131 Å². The molecule has 3 rings (SSSR count). The molecule has 112 valence electrons. The Bertz CT molecular complexity index is 519. The molecule has 0 spiro atoms. The molecule has 1 N–H and O–H groups in total. The Morgan fingerprint density at radius 1 is 1.24 bits per heavy atom. The predicted octanol–water partition coefficient (Wildman–Crippen LogP) is 4.06. The molecule has 0 saturated heterocycles. The van der Waals surface area contributed by atoms with Gasteiger partial charge >= 0.3 is 0 Å². The van der Waals surface area contributed by atoms with Gasteiger partial charge in [0, 0.05) is 25.2 Å². The molecule has 1 aliphatic carbocycles. The third-order valence-corrected chi connectivity index (χ3v) is 4.87. The number of benzene rings is 1. The molecule has 1 aliphatic rings. The van der Waals surface area contributed by atoms with Gasteiger partial charge in [0.2, 0.25) is 0 Å². The lowest BCUT2D eigenvalue weighted by Crippen LogP contribution is -2.37. The summed E-state index contributed by atoms with van der Waals surface area (Å²) in [6.45, 7) is 5.31. The van der Waals surface area contributed by atoms with E-state index in [4.69, 9.17) is 0 Å². The first kappa shape index (κ1) is 14.8. The summed E-state index contributed by atoms with van der Waals surface area (Å²) >= 11 is 1.80. The van der Waals surface area contributed by atoms with Crippen LogP contribution in [0.15, 0.2) is 47.2 Å². The van der Waals surface area contributed by atoms with E-state index in [1.807, 2.05) is 0 Å². The highest BCUT2D eigenvalue weighted by atomic mass is 32.1. The lowest BCUT2D eigenvalue weighted by molar-refractivity contribution is 0.174. The summed E-state index contributed by atoms with van der Waals surface area (Å²) in [5.74, 6) is 0. The van der Waals surface area contributed by atoms with Gasteiger partial charge in [-0.25, -0.2) is 0 Å².